The van der Waals surface area contributed by atoms with E-state index >= 15 is 0 Å². The predicted molar refractivity (Wildman–Crippen MR) is 88.7 cm³/mol. The third-order valence-corrected chi connectivity index (χ3v) is 3.56. The van der Waals surface area contributed by atoms with Crippen LogP contribution in [0.4, 0.5) is 0 Å². The van der Waals surface area contributed by atoms with E-state index in [0.29, 0.717) is 21.4 Å². The number of carbonyl (C=O) groups excluding carboxylic acids is 2. The molecule has 2 aromatic rings. The molecule has 0 aliphatic carbocycles. The number of methoxy groups -OCH3 is 1. The molecular formula is C17H14Cl2O4. The summed E-state index contributed by atoms with van der Waals surface area (Å²) in [5.74, 6) is -0.336. The molecule has 0 amide bonds. The van der Waals surface area contributed by atoms with Crippen LogP contribution in [0.5, 0.6) is 5.75 Å². The maximum Gasteiger partial charge on any atom is 0.338 e. The zero-order valence-electron chi connectivity index (χ0n) is 12.5. The Balaban J connectivity index is 2.09. The highest BCUT2D eigenvalue weighted by Gasteiger charge is 2.21. The first-order valence-corrected chi connectivity index (χ1v) is 7.51. The number of ether oxygens (including phenoxy) is 2. The molecule has 0 heterocycles. The van der Waals surface area contributed by atoms with Crippen molar-refractivity contribution >= 4 is 35.0 Å². The lowest BCUT2D eigenvalue weighted by Crippen LogP contribution is -2.24. The number of rotatable bonds is 5. The molecule has 0 unspecified atom stereocenters. The van der Waals surface area contributed by atoms with Crippen LogP contribution in [-0.2, 0) is 4.74 Å². The molecule has 0 aliphatic rings. The Kier molecular flexibility index (Phi) is 5.64. The van der Waals surface area contributed by atoms with Crippen LogP contribution in [-0.4, -0.2) is 25.0 Å². The van der Waals surface area contributed by atoms with E-state index in [1.165, 1.54) is 32.2 Å². The zero-order valence-corrected chi connectivity index (χ0v) is 14.0. The number of esters is 1. The second-order valence-corrected chi connectivity index (χ2v) is 5.67. The summed E-state index contributed by atoms with van der Waals surface area (Å²) >= 11 is 11.7. The van der Waals surface area contributed by atoms with Crippen LogP contribution in [0.25, 0.3) is 0 Å². The van der Waals surface area contributed by atoms with Crippen molar-refractivity contribution in [3.05, 3.63) is 63.6 Å². The van der Waals surface area contributed by atoms with E-state index in [2.05, 4.69) is 0 Å². The van der Waals surface area contributed by atoms with Crippen LogP contribution in [0, 0.1) is 0 Å². The van der Waals surface area contributed by atoms with Crippen LogP contribution >= 0.6 is 23.2 Å². The third kappa shape index (κ3) is 4.47. The standard InChI is InChI=1S/C17H14Cl2O4/c1-10(16(20)11-3-5-15(22-2)6-4-11)23-17(21)12-7-13(18)9-14(19)8-12/h3-10H,1-2H3/t10-/m1/s1. The largest absolute Gasteiger partial charge is 0.497 e. The average molecular weight is 353 g/mol. The van der Waals surface area contributed by atoms with Crippen LogP contribution in [0.3, 0.4) is 0 Å². The van der Waals surface area contributed by atoms with Gasteiger partial charge in [-0.1, -0.05) is 23.2 Å². The molecule has 0 saturated heterocycles. The fourth-order valence-corrected chi connectivity index (χ4v) is 2.47. The quantitative estimate of drug-likeness (QED) is 0.589. The molecule has 1 atom stereocenters. The lowest BCUT2D eigenvalue weighted by atomic mass is 10.1. The van der Waals surface area contributed by atoms with Crippen molar-refractivity contribution in [1.82, 2.24) is 0 Å². The monoisotopic (exact) mass is 352 g/mol. The molecule has 2 rings (SSSR count). The van der Waals surface area contributed by atoms with Gasteiger partial charge in [-0.2, -0.15) is 0 Å². The second kappa shape index (κ2) is 7.49. The van der Waals surface area contributed by atoms with Gasteiger partial charge in [0.15, 0.2) is 6.10 Å². The van der Waals surface area contributed by atoms with Crippen molar-refractivity contribution in [2.75, 3.05) is 7.11 Å². The topological polar surface area (TPSA) is 52.6 Å². The van der Waals surface area contributed by atoms with Crippen LogP contribution in [0.1, 0.15) is 27.6 Å². The highest BCUT2D eigenvalue weighted by atomic mass is 35.5. The van der Waals surface area contributed by atoms with E-state index < -0.39 is 12.1 Å². The Bertz CT molecular complexity index is 706. The van der Waals surface area contributed by atoms with Gasteiger partial charge in [-0.15, -0.1) is 0 Å². The van der Waals surface area contributed by atoms with Gasteiger partial charge in [0.2, 0.25) is 5.78 Å². The third-order valence-electron chi connectivity index (χ3n) is 3.13. The molecule has 0 fully saturated rings. The predicted octanol–water partition coefficient (Wildman–Crippen LogP) is 4.43. The number of hydrogen-bond acceptors (Lipinski definition) is 4. The molecule has 0 saturated carbocycles. The smallest absolute Gasteiger partial charge is 0.338 e. The maximum absolute atomic E-state index is 12.3. The Morgan fingerprint density at radius 2 is 1.52 bits per heavy atom. The summed E-state index contributed by atoms with van der Waals surface area (Å²) in [5.41, 5.74) is 0.618. The first-order valence-electron chi connectivity index (χ1n) is 6.76. The molecule has 0 aliphatic heterocycles. The number of hydrogen-bond donors (Lipinski definition) is 0. The molecule has 0 bridgehead atoms. The average Bonchev–Trinajstić information content (AvgIpc) is 2.53. The second-order valence-electron chi connectivity index (χ2n) is 4.80. The summed E-state index contributed by atoms with van der Waals surface area (Å²) < 4.78 is 10.2. The molecule has 120 valence electrons. The minimum Gasteiger partial charge on any atom is -0.497 e. The van der Waals surface area contributed by atoms with E-state index in [0.717, 1.165) is 0 Å². The fraction of sp³-hybridized carbons (Fsp3) is 0.176. The first-order chi connectivity index (χ1) is 10.9. The summed E-state index contributed by atoms with van der Waals surface area (Å²) in [6.07, 6.45) is -0.936. The van der Waals surface area contributed by atoms with Crippen LogP contribution in [0.15, 0.2) is 42.5 Å². The molecule has 0 aromatic heterocycles. The minimum atomic E-state index is -0.936. The van der Waals surface area contributed by atoms with Crippen LogP contribution in [0.2, 0.25) is 10.0 Å². The van der Waals surface area contributed by atoms with Gasteiger partial charge in [-0.3, -0.25) is 4.79 Å². The van der Waals surface area contributed by atoms with E-state index in [-0.39, 0.29) is 11.3 Å². The van der Waals surface area contributed by atoms with Gasteiger partial charge in [0.1, 0.15) is 5.75 Å². The first kappa shape index (κ1) is 17.3. The van der Waals surface area contributed by atoms with Gasteiger partial charge in [0.25, 0.3) is 0 Å². The Hall–Kier alpha value is -2.04. The normalized spacial score (nSPS) is 11.7. The summed E-state index contributed by atoms with van der Waals surface area (Å²) in [7, 11) is 1.54. The summed E-state index contributed by atoms with van der Waals surface area (Å²) in [5, 5.41) is 0.636. The Labute approximate surface area is 143 Å². The van der Waals surface area contributed by atoms with Gasteiger partial charge in [0, 0.05) is 15.6 Å². The van der Waals surface area contributed by atoms with Crippen molar-refractivity contribution in [3.63, 3.8) is 0 Å². The SMILES string of the molecule is COc1ccc(C(=O)[C@@H](C)OC(=O)c2cc(Cl)cc(Cl)c2)cc1. The number of Topliss-reactive ketones (excluding diaryl/α,β-unsaturated/α-hetero) is 1. The van der Waals surface area contributed by atoms with Crippen molar-refractivity contribution in [2.24, 2.45) is 0 Å². The highest BCUT2D eigenvalue weighted by molar-refractivity contribution is 6.35. The van der Waals surface area contributed by atoms with Crippen molar-refractivity contribution in [3.8, 4) is 5.75 Å². The summed E-state index contributed by atoms with van der Waals surface area (Å²) in [4.78, 5) is 24.4. The highest BCUT2D eigenvalue weighted by Crippen LogP contribution is 2.20. The molecule has 0 spiro atoms. The molecule has 2 aromatic carbocycles. The maximum atomic E-state index is 12.3. The number of halogens is 2. The molecule has 0 N–H and O–H groups in total. The van der Waals surface area contributed by atoms with Gasteiger partial charge >= 0.3 is 5.97 Å². The Morgan fingerprint density at radius 1 is 0.957 bits per heavy atom. The Morgan fingerprint density at radius 3 is 2.04 bits per heavy atom. The summed E-state index contributed by atoms with van der Waals surface area (Å²) in [6.45, 7) is 1.51. The van der Waals surface area contributed by atoms with E-state index in [1.807, 2.05) is 0 Å². The fourth-order valence-electron chi connectivity index (χ4n) is 1.94. The van der Waals surface area contributed by atoms with Crippen LogP contribution < -0.4 is 4.74 Å². The van der Waals surface area contributed by atoms with Crippen molar-refractivity contribution in [1.29, 1.82) is 0 Å². The summed E-state index contributed by atoms with van der Waals surface area (Å²) in [6, 6.07) is 10.9. The number of carbonyl (C=O) groups is 2. The van der Waals surface area contributed by atoms with Gasteiger partial charge < -0.3 is 9.47 Å². The molecule has 23 heavy (non-hydrogen) atoms. The zero-order chi connectivity index (χ0) is 17.0. The van der Waals surface area contributed by atoms with Gasteiger partial charge in [-0.05, 0) is 49.4 Å². The molecule has 6 heteroatoms. The van der Waals surface area contributed by atoms with Crippen molar-refractivity contribution < 1.29 is 19.1 Å². The molecule has 4 nitrogen and oxygen atoms in total. The number of ketones is 1. The van der Waals surface area contributed by atoms with Crippen molar-refractivity contribution in [2.45, 2.75) is 13.0 Å². The molecule has 0 radical (unpaired) electrons. The van der Waals surface area contributed by atoms with E-state index in [1.54, 1.807) is 24.3 Å². The lowest BCUT2D eigenvalue weighted by molar-refractivity contribution is 0.0319. The van der Waals surface area contributed by atoms with Gasteiger partial charge in [0.05, 0.1) is 12.7 Å². The lowest BCUT2D eigenvalue weighted by Gasteiger charge is -2.13. The molecular weight excluding hydrogens is 339 g/mol. The number of benzene rings is 2. The van der Waals surface area contributed by atoms with Gasteiger partial charge in [-0.25, -0.2) is 4.79 Å². The van der Waals surface area contributed by atoms with E-state index in [9.17, 15) is 9.59 Å². The van der Waals surface area contributed by atoms with E-state index in [4.69, 9.17) is 32.7 Å². The minimum absolute atomic E-state index is 0.192.